The van der Waals surface area contributed by atoms with Crippen LogP contribution in [-0.2, 0) is 17.4 Å². The lowest BCUT2D eigenvalue weighted by molar-refractivity contribution is -0.137. The Morgan fingerprint density at radius 2 is 1.90 bits per heavy atom. The van der Waals surface area contributed by atoms with Gasteiger partial charge in [0.2, 0.25) is 5.91 Å². The number of rotatable bonds is 3. The Kier molecular flexibility index (Phi) is 5.40. The average molecular weight is 416 g/mol. The van der Waals surface area contributed by atoms with Gasteiger partial charge in [-0.2, -0.15) is 13.2 Å². The monoisotopic (exact) mass is 416 g/mol. The van der Waals surface area contributed by atoms with Gasteiger partial charge in [0.15, 0.2) is 0 Å². The van der Waals surface area contributed by atoms with E-state index in [4.69, 9.17) is 0 Å². The Bertz CT molecular complexity index is 1040. The molecule has 1 aromatic carbocycles. The standard InChI is InChI=1S/C22H23F3N4O/c1-15-18(17-5-2-3-6-19(17)27-15)13-21(30)29-10-4-9-28(11-12-29)20-8-7-16(14-26-20)22(23,24)25/h2-3,5-8,14,27H,4,9-13H2,1H3. The summed E-state index contributed by atoms with van der Waals surface area (Å²) in [5, 5.41) is 1.06. The first-order chi connectivity index (χ1) is 14.3. The van der Waals surface area contributed by atoms with Crippen molar-refractivity contribution in [1.29, 1.82) is 0 Å². The van der Waals surface area contributed by atoms with Crippen molar-refractivity contribution >= 4 is 22.6 Å². The lowest BCUT2D eigenvalue weighted by Gasteiger charge is -2.23. The van der Waals surface area contributed by atoms with E-state index in [1.54, 1.807) is 0 Å². The highest BCUT2D eigenvalue weighted by Crippen LogP contribution is 2.29. The van der Waals surface area contributed by atoms with Crippen molar-refractivity contribution in [2.45, 2.75) is 25.9 Å². The molecule has 1 saturated heterocycles. The van der Waals surface area contributed by atoms with E-state index in [-0.39, 0.29) is 5.91 Å². The predicted octanol–water partition coefficient (Wildman–Crippen LogP) is 4.17. The van der Waals surface area contributed by atoms with Gasteiger partial charge in [-0.15, -0.1) is 0 Å². The number of aromatic amines is 1. The number of fused-ring (bicyclic) bond motifs is 1. The number of pyridine rings is 1. The quantitative estimate of drug-likeness (QED) is 0.697. The van der Waals surface area contributed by atoms with Gasteiger partial charge >= 0.3 is 6.18 Å². The van der Waals surface area contributed by atoms with E-state index in [1.165, 1.54) is 6.07 Å². The molecule has 1 N–H and O–H groups in total. The molecule has 2 aromatic heterocycles. The molecule has 8 heteroatoms. The molecule has 5 nitrogen and oxygen atoms in total. The zero-order chi connectivity index (χ0) is 21.3. The van der Waals surface area contributed by atoms with Gasteiger partial charge in [-0.25, -0.2) is 4.98 Å². The molecule has 1 fully saturated rings. The van der Waals surface area contributed by atoms with Gasteiger partial charge in [-0.3, -0.25) is 4.79 Å². The minimum Gasteiger partial charge on any atom is -0.358 e. The summed E-state index contributed by atoms with van der Waals surface area (Å²) < 4.78 is 38.2. The normalized spacial score (nSPS) is 15.5. The number of carbonyl (C=O) groups excluding carboxylic acids is 1. The van der Waals surface area contributed by atoms with E-state index in [0.29, 0.717) is 38.4 Å². The third kappa shape index (κ3) is 4.13. The second kappa shape index (κ2) is 8.01. The molecule has 0 saturated carbocycles. The summed E-state index contributed by atoms with van der Waals surface area (Å²) in [4.78, 5) is 24.0. The number of anilines is 1. The third-order valence-corrected chi connectivity index (χ3v) is 5.60. The summed E-state index contributed by atoms with van der Waals surface area (Å²) in [6, 6.07) is 10.4. The van der Waals surface area contributed by atoms with E-state index in [0.717, 1.165) is 40.8 Å². The highest BCUT2D eigenvalue weighted by Gasteiger charge is 2.31. The molecule has 1 amide bonds. The van der Waals surface area contributed by atoms with Gasteiger partial charge < -0.3 is 14.8 Å². The first kappa shape index (κ1) is 20.3. The lowest BCUT2D eigenvalue weighted by Crippen LogP contribution is -2.36. The molecule has 1 aliphatic heterocycles. The van der Waals surface area contributed by atoms with Crippen molar-refractivity contribution in [3.63, 3.8) is 0 Å². The smallest absolute Gasteiger partial charge is 0.358 e. The molecular weight excluding hydrogens is 393 g/mol. The number of carbonyl (C=O) groups is 1. The fourth-order valence-corrected chi connectivity index (χ4v) is 3.96. The Morgan fingerprint density at radius 3 is 2.63 bits per heavy atom. The van der Waals surface area contributed by atoms with Crippen LogP contribution in [0.3, 0.4) is 0 Å². The number of alkyl halides is 3. The minimum absolute atomic E-state index is 0.0603. The molecule has 0 unspecified atom stereocenters. The van der Waals surface area contributed by atoms with E-state index < -0.39 is 11.7 Å². The van der Waals surface area contributed by atoms with Gasteiger partial charge in [-0.1, -0.05) is 18.2 Å². The number of H-pyrrole nitrogens is 1. The molecule has 0 radical (unpaired) electrons. The summed E-state index contributed by atoms with van der Waals surface area (Å²) in [5.74, 6) is 0.565. The largest absolute Gasteiger partial charge is 0.417 e. The number of hydrogen-bond acceptors (Lipinski definition) is 3. The maximum Gasteiger partial charge on any atom is 0.417 e. The van der Waals surface area contributed by atoms with E-state index in [1.807, 2.05) is 41.0 Å². The summed E-state index contributed by atoms with van der Waals surface area (Å²) in [5.41, 5.74) is 2.27. The third-order valence-electron chi connectivity index (χ3n) is 5.60. The van der Waals surface area contributed by atoms with Crippen molar-refractivity contribution in [3.8, 4) is 0 Å². The molecule has 3 heterocycles. The van der Waals surface area contributed by atoms with Crippen LogP contribution in [-0.4, -0.2) is 47.0 Å². The Balaban J connectivity index is 1.42. The molecular formula is C22H23F3N4O. The summed E-state index contributed by atoms with van der Waals surface area (Å²) in [6.45, 7) is 4.30. The SMILES string of the molecule is Cc1[nH]c2ccccc2c1CC(=O)N1CCCN(c2ccc(C(F)(F)F)cn2)CC1. The van der Waals surface area contributed by atoms with E-state index in [9.17, 15) is 18.0 Å². The molecule has 4 rings (SSSR count). The predicted molar refractivity (Wildman–Crippen MR) is 109 cm³/mol. The lowest BCUT2D eigenvalue weighted by atomic mass is 10.1. The second-order valence-corrected chi connectivity index (χ2v) is 7.58. The van der Waals surface area contributed by atoms with Crippen molar-refractivity contribution in [1.82, 2.24) is 14.9 Å². The number of para-hydroxylation sites is 1. The summed E-state index contributed by atoms with van der Waals surface area (Å²) in [7, 11) is 0. The van der Waals surface area contributed by atoms with E-state index in [2.05, 4.69) is 9.97 Å². The van der Waals surface area contributed by atoms with Gasteiger partial charge in [-0.05, 0) is 37.1 Å². The number of amides is 1. The number of aryl methyl sites for hydroxylation is 1. The van der Waals surface area contributed by atoms with Crippen LogP contribution in [0.25, 0.3) is 10.9 Å². The highest BCUT2D eigenvalue weighted by atomic mass is 19.4. The minimum atomic E-state index is -4.39. The summed E-state index contributed by atoms with van der Waals surface area (Å²) >= 11 is 0. The number of nitrogens with one attached hydrogen (secondary N) is 1. The highest BCUT2D eigenvalue weighted by molar-refractivity contribution is 5.90. The molecule has 30 heavy (non-hydrogen) atoms. The average Bonchev–Trinajstić information content (AvgIpc) is 2.89. The Hall–Kier alpha value is -3.03. The number of benzene rings is 1. The molecule has 0 aliphatic carbocycles. The number of hydrogen-bond donors (Lipinski definition) is 1. The molecule has 1 aliphatic rings. The molecule has 0 bridgehead atoms. The Labute approximate surface area is 172 Å². The van der Waals surface area contributed by atoms with Crippen LogP contribution in [0, 0.1) is 6.92 Å². The van der Waals surface area contributed by atoms with Gasteiger partial charge in [0.05, 0.1) is 12.0 Å². The second-order valence-electron chi connectivity index (χ2n) is 7.58. The maximum atomic E-state index is 13.0. The zero-order valence-corrected chi connectivity index (χ0v) is 16.7. The topological polar surface area (TPSA) is 52.2 Å². The van der Waals surface area contributed by atoms with Crippen LogP contribution in [0.15, 0.2) is 42.6 Å². The molecule has 0 spiro atoms. The molecule has 158 valence electrons. The van der Waals surface area contributed by atoms with E-state index >= 15 is 0 Å². The van der Waals surface area contributed by atoms with Gasteiger partial charge in [0.1, 0.15) is 5.82 Å². The van der Waals surface area contributed by atoms with Crippen LogP contribution >= 0.6 is 0 Å². The fourth-order valence-electron chi connectivity index (χ4n) is 3.96. The summed E-state index contributed by atoms with van der Waals surface area (Å²) in [6.07, 6.45) is -2.47. The Morgan fingerprint density at radius 1 is 1.10 bits per heavy atom. The van der Waals surface area contributed by atoms with Crippen molar-refractivity contribution in [2.24, 2.45) is 0 Å². The van der Waals surface area contributed by atoms with Crippen LogP contribution < -0.4 is 4.90 Å². The number of halogens is 3. The van der Waals surface area contributed by atoms with Crippen LogP contribution in [0.4, 0.5) is 19.0 Å². The number of aromatic nitrogens is 2. The van der Waals surface area contributed by atoms with Crippen molar-refractivity contribution in [3.05, 3.63) is 59.4 Å². The van der Waals surface area contributed by atoms with Gasteiger partial charge in [0.25, 0.3) is 0 Å². The fraction of sp³-hybridized carbons (Fsp3) is 0.364. The zero-order valence-electron chi connectivity index (χ0n) is 16.7. The first-order valence-electron chi connectivity index (χ1n) is 9.95. The first-order valence-corrected chi connectivity index (χ1v) is 9.95. The van der Waals surface area contributed by atoms with Crippen LogP contribution in [0.5, 0.6) is 0 Å². The number of nitrogens with zero attached hydrogens (tertiary/aromatic N) is 3. The van der Waals surface area contributed by atoms with Gasteiger partial charge in [0, 0.05) is 49.0 Å². The molecule has 0 atom stereocenters. The molecule has 3 aromatic rings. The van der Waals surface area contributed by atoms with Crippen molar-refractivity contribution in [2.75, 3.05) is 31.1 Å². The van der Waals surface area contributed by atoms with Crippen molar-refractivity contribution < 1.29 is 18.0 Å². The maximum absolute atomic E-state index is 13.0. The van der Waals surface area contributed by atoms with Crippen LogP contribution in [0.2, 0.25) is 0 Å². The van der Waals surface area contributed by atoms with Crippen LogP contribution in [0.1, 0.15) is 23.2 Å².